The third-order valence-electron chi connectivity index (χ3n) is 3.36. The average Bonchev–Trinajstić information content (AvgIpc) is 2.97. The summed E-state index contributed by atoms with van der Waals surface area (Å²) in [5.41, 5.74) is 3.77. The highest BCUT2D eigenvalue weighted by Gasteiger charge is 2.10. The molecule has 0 aliphatic rings. The first-order valence-corrected chi connectivity index (χ1v) is 6.75. The molecule has 2 N–H and O–H groups in total. The number of benzene rings is 2. The Labute approximate surface area is 123 Å². The van der Waals surface area contributed by atoms with Gasteiger partial charge in [-0.05, 0) is 16.6 Å². The lowest BCUT2D eigenvalue weighted by Gasteiger charge is -2.04. The van der Waals surface area contributed by atoms with Gasteiger partial charge in [0.05, 0.1) is 12.7 Å². The van der Waals surface area contributed by atoms with Crippen molar-refractivity contribution < 1.29 is 10.0 Å². The highest BCUT2D eigenvalue weighted by molar-refractivity contribution is 6.58. The molecule has 0 aliphatic carbocycles. The van der Waals surface area contributed by atoms with Crippen molar-refractivity contribution in [2.75, 3.05) is 0 Å². The van der Waals surface area contributed by atoms with Gasteiger partial charge in [0.15, 0.2) is 0 Å². The van der Waals surface area contributed by atoms with Gasteiger partial charge >= 0.3 is 7.12 Å². The first kappa shape index (κ1) is 13.6. The van der Waals surface area contributed by atoms with Crippen LogP contribution in [0.15, 0.2) is 67.0 Å². The first-order chi connectivity index (χ1) is 10.2. The van der Waals surface area contributed by atoms with Gasteiger partial charge in [0.1, 0.15) is 0 Å². The molecule has 1 aromatic heterocycles. The summed E-state index contributed by atoms with van der Waals surface area (Å²) in [6.07, 6.45) is 3.85. The summed E-state index contributed by atoms with van der Waals surface area (Å²) < 4.78 is 1.87. The van der Waals surface area contributed by atoms with Crippen molar-refractivity contribution >= 4 is 12.6 Å². The Morgan fingerprint density at radius 2 is 1.62 bits per heavy atom. The Morgan fingerprint density at radius 3 is 2.29 bits per heavy atom. The first-order valence-electron chi connectivity index (χ1n) is 6.75. The van der Waals surface area contributed by atoms with Crippen molar-refractivity contribution in [3.8, 4) is 11.1 Å². The van der Waals surface area contributed by atoms with Gasteiger partial charge in [-0.2, -0.15) is 5.10 Å². The molecule has 0 unspecified atom stereocenters. The summed E-state index contributed by atoms with van der Waals surface area (Å²) in [6, 6.07) is 17.3. The summed E-state index contributed by atoms with van der Waals surface area (Å²) in [6.45, 7) is 0.647. The molecule has 0 saturated carbocycles. The molecule has 0 amide bonds. The van der Waals surface area contributed by atoms with Crippen molar-refractivity contribution in [1.29, 1.82) is 0 Å². The highest BCUT2D eigenvalue weighted by Crippen LogP contribution is 2.17. The van der Waals surface area contributed by atoms with Gasteiger partial charge in [0.25, 0.3) is 0 Å². The van der Waals surface area contributed by atoms with Crippen molar-refractivity contribution in [2.24, 2.45) is 0 Å². The van der Waals surface area contributed by atoms with E-state index in [0.29, 0.717) is 12.0 Å². The second kappa shape index (κ2) is 5.95. The molecule has 4 nitrogen and oxygen atoms in total. The van der Waals surface area contributed by atoms with Crippen LogP contribution >= 0.6 is 0 Å². The highest BCUT2D eigenvalue weighted by atomic mass is 16.4. The lowest BCUT2D eigenvalue weighted by Crippen LogP contribution is -2.29. The van der Waals surface area contributed by atoms with Crippen LogP contribution in [0, 0.1) is 0 Å². The normalized spacial score (nSPS) is 10.6. The molecule has 0 aliphatic heterocycles. The van der Waals surface area contributed by atoms with Crippen molar-refractivity contribution in [1.82, 2.24) is 9.78 Å². The number of aromatic nitrogens is 2. The van der Waals surface area contributed by atoms with E-state index in [-0.39, 0.29) is 0 Å². The van der Waals surface area contributed by atoms with Crippen LogP contribution in [0.25, 0.3) is 11.1 Å². The van der Waals surface area contributed by atoms with Crippen LogP contribution in [0.4, 0.5) is 0 Å². The maximum absolute atomic E-state index is 9.07. The SMILES string of the molecule is OB(O)c1ccc(Cn2cc(-c3ccccc3)cn2)cc1. The molecule has 5 heteroatoms. The molecule has 104 valence electrons. The van der Waals surface area contributed by atoms with Crippen LogP contribution in [0.1, 0.15) is 5.56 Å². The zero-order valence-electron chi connectivity index (χ0n) is 11.4. The Balaban J connectivity index is 1.75. The zero-order valence-corrected chi connectivity index (χ0v) is 11.4. The number of hydrogen-bond donors (Lipinski definition) is 2. The largest absolute Gasteiger partial charge is 0.488 e. The summed E-state index contributed by atoms with van der Waals surface area (Å²) >= 11 is 0. The van der Waals surface area contributed by atoms with Gasteiger partial charge < -0.3 is 10.0 Å². The molecule has 0 radical (unpaired) electrons. The molecule has 21 heavy (non-hydrogen) atoms. The fourth-order valence-corrected chi connectivity index (χ4v) is 2.21. The van der Waals surface area contributed by atoms with Crippen molar-refractivity contribution in [3.05, 3.63) is 72.6 Å². The number of hydrogen-bond acceptors (Lipinski definition) is 3. The molecule has 0 saturated heterocycles. The molecule has 0 atom stereocenters. The van der Waals surface area contributed by atoms with E-state index in [0.717, 1.165) is 16.7 Å². The van der Waals surface area contributed by atoms with Gasteiger partial charge in [-0.1, -0.05) is 54.6 Å². The summed E-state index contributed by atoms with van der Waals surface area (Å²) in [4.78, 5) is 0. The Kier molecular flexibility index (Phi) is 3.86. The maximum atomic E-state index is 9.07. The van der Waals surface area contributed by atoms with Crippen LogP contribution < -0.4 is 5.46 Å². The second-order valence-electron chi connectivity index (χ2n) is 4.91. The van der Waals surface area contributed by atoms with Crippen LogP contribution in [0.3, 0.4) is 0 Å². The second-order valence-corrected chi connectivity index (χ2v) is 4.91. The van der Waals surface area contributed by atoms with Gasteiger partial charge in [-0.15, -0.1) is 0 Å². The van der Waals surface area contributed by atoms with E-state index < -0.39 is 7.12 Å². The molecule has 3 aromatic rings. The minimum absolute atomic E-state index is 0.490. The van der Waals surface area contributed by atoms with E-state index in [1.165, 1.54) is 0 Å². The lowest BCUT2D eigenvalue weighted by atomic mass is 9.80. The van der Waals surface area contributed by atoms with E-state index in [1.807, 2.05) is 47.4 Å². The van der Waals surface area contributed by atoms with Crippen molar-refractivity contribution in [3.63, 3.8) is 0 Å². The monoisotopic (exact) mass is 278 g/mol. The van der Waals surface area contributed by atoms with E-state index in [4.69, 9.17) is 10.0 Å². The predicted molar refractivity (Wildman–Crippen MR) is 83.0 cm³/mol. The fraction of sp³-hybridized carbons (Fsp3) is 0.0625. The predicted octanol–water partition coefficient (Wildman–Crippen LogP) is 1.28. The summed E-state index contributed by atoms with van der Waals surface area (Å²) in [7, 11) is -1.42. The quantitative estimate of drug-likeness (QED) is 0.707. The smallest absolute Gasteiger partial charge is 0.423 e. The minimum atomic E-state index is -1.42. The van der Waals surface area contributed by atoms with Crippen LogP contribution in [-0.4, -0.2) is 26.9 Å². The molecule has 0 spiro atoms. The summed E-state index contributed by atoms with van der Waals surface area (Å²) in [5, 5.41) is 22.5. The van der Waals surface area contributed by atoms with E-state index in [9.17, 15) is 0 Å². The average molecular weight is 278 g/mol. The van der Waals surface area contributed by atoms with Gasteiger partial charge in [-0.3, -0.25) is 4.68 Å². The molecular formula is C16H15BN2O2. The van der Waals surface area contributed by atoms with Crippen LogP contribution in [0.5, 0.6) is 0 Å². The van der Waals surface area contributed by atoms with Gasteiger partial charge in [0, 0.05) is 11.8 Å². The Hall–Kier alpha value is -2.37. The minimum Gasteiger partial charge on any atom is -0.423 e. The molecule has 3 rings (SSSR count). The molecule has 1 heterocycles. The third-order valence-corrected chi connectivity index (χ3v) is 3.36. The topological polar surface area (TPSA) is 58.3 Å². The van der Waals surface area contributed by atoms with E-state index in [2.05, 4.69) is 17.2 Å². The molecular weight excluding hydrogens is 263 g/mol. The lowest BCUT2D eigenvalue weighted by molar-refractivity contribution is 0.426. The maximum Gasteiger partial charge on any atom is 0.488 e. The molecule has 0 fully saturated rings. The van der Waals surface area contributed by atoms with E-state index >= 15 is 0 Å². The van der Waals surface area contributed by atoms with Crippen LogP contribution in [-0.2, 0) is 6.54 Å². The standard InChI is InChI=1S/C16H15BN2O2/c20-17(21)16-8-6-13(7-9-16)11-19-12-15(10-18-19)14-4-2-1-3-5-14/h1-10,12,20-21H,11H2. The summed E-state index contributed by atoms with van der Waals surface area (Å²) in [5.74, 6) is 0. The zero-order chi connectivity index (χ0) is 14.7. The fourth-order valence-electron chi connectivity index (χ4n) is 2.21. The van der Waals surface area contributed by atoms with Crippen LogP contribution in [0.2, 0.25) is 0 Å². The molecule has 2 aromatic carbocycles. The molecule has 0 bridgehead atoms. The Bertz CT molecular complexity index is 709. The van der Waals surface area contributed by atoms with Gasteiger partial charge in [0.2, 0.25) is 0 Å². The number of nitrogens with zero attached hydrogens (tertiary/aromatic N) is 2. The third kappa shape index (κ3) is 3.21. The van der Waals surface area contributed by atoms with E-state index in [1.54, 1.807) is 12.1 Å². The number of rotatable bonds is 4. The Morgan fingerprint density at radius 1 is 0.905 bits per heavy atom. The van der Waals surface area contributed by atoms with Gasteiger partial charge in [-0.25, -0.2) is 0 Å². The van der Waals surface area contributed by atoms with Crippen molar-refractivity contribution in [2.45, 2.75) is 6.54 Å².